The molecule has 2 fully saturated rings. The predicted octanol–water partition coefficient (Wildman–Crippen LogP) is 3.34. The Balaban J connectivity index is 2.12. The second kappa shape index (κ2) is 4.98. The van der Waals surface area contributed by atoms with Gasteiger partial charge in [0.05, 0.1) is 12.2 Å². The molecular weight excluding hydrogens is 264 g/mol. The van der Waals surface area contributed by atoms with Gasteiger partial charge in [-0.05, 0) is 47.5 Å². The fraction of sp³-hybridized carbons (Fsp3) is 0.722. The van der Waals surface area contributed by atoms with Gasteiger partial charge in [0.1, 0.15) is 6.10 Å². The van der Waals surface area contributed by atoms with Gasteiger partial charge in [0, 0.05) is 0 Å². The molecule has 0 amide bonds. The van der Waals surface area contributed by atoms with Crippen LogP contribution in [0.4, 0.5) is 0 Å². The lowest BCUT2D eigenvalue weighted by atomic mass is 9.66. The number of carbonyl (C=O) groups is 1. The number of aliphatic hydroxyl groups excluding tert-OH is 1. The van der Waals surface area contributed by atoms with Gasteiger partial charge in [0.25, 0.3) is 0 Å². The minimum atomic E-state index is -1.01. The number of carbonyl (C=O) groups excluding carboxylic acids is 1. The van der Waals surface area contributed by atoms with Crippen molar-refractivity contribution < 1.29 is 14.6 Å². The van der Waals surface area contributed by atoms with Gasteiger partial charge in [-0.1, -0.05) is 40.9 Å². The highest BCUT2D eigenvalue weighted by atomic mass is 16.5. The Hall–Kier alpha value is -1.09. The topological polar surface area (TPSA) is 46.5 Å². The third-order valence-electron chi connectivity index (χ3n) is 6.63. The Labute approximate surface area is 128 Å². The highest BCUT2D eigenvalue weighted by molar-refractivity contribution is 5.89. The van der Waals surface area contributed by atoms with Gasteiger partial charge in [-0.25, -0.2) is 4.79 Å². The first-order chi connectivity index (χ1) is 9.60. The Bertz CT molecular complexity index is 491. The van der Waals surface area contributed by atoms with Crippen molar-refractivity contribution in [2.45, 2.75) is 47.1 Å². The molecule has 2 rings (SSSR count). The number of hydrogen-bond donors (Lipinski definition) is 1. The molecule has 118 valence electrons. The SMILES string of the molecule is C=C(C(=O)OCC)C(O)C(=C)C1CC2[C@H](C)C2(C)C1(C)C. The summed E-state index contributed by atoms with van der Waals surface area (Å²) < 4.78 is 4.92. The van der Waals surface area contributed by atoms with Crippen molar-refractivity contribution in [1.29, 1.82) is 0 Å². The minimum Gasteiger partial charge on any atom is -0.463 e. The lowest BCUT2D eigenvalue weighted by Gasteiger charge is -2.39. The maximum atomic E-state index is 11.7. The number of rotatable bonds is 5. The molecule has 0 aliphatic heterocycles. The van der Waals surface area contributed by atoms with Gasteiger partial charge in [-0.2, -0.15) is 0 Å². The highest BCUT2D eigenvalue weighted by Crippen LogP contribution is 2.78. The van der Waals surface area contributed by atoms with Crippen LogP contribution in [0.3, 0.4) is 0 Å². The second-order valence-corrected chi connectivity index (χ2v) is 7.41. The van der Waals surface area contributed by atoms with Crippen LogP contribution < -0.4 is 0 Å². The second-order valence-electron chi connectivity index (χ2n) is 7.41. The van der Waals surface area contributed by atoms with Crippen LogP contribution in [0.15, 0.2) is 24.3 Å². The van der Waals surface area contributed by atoms with Crippen LogP contribution in [0, 0.1) is 28.6 Å². The Kier molecular flexibility index (Phi) is 3.86. The number of esters is 1. The van der Waals surface area contributed by atoms with Crippen LogP contribution in [0.1, 0.15) is 41.0 Å². The van der Waals surface area contributed by atoms with Crippen LogP contribution in [0.25, 0.3) is 0 Å². The maximum Gasteiger partial charge on any atom is 0.336 e. The van der Waals surface area contributed by atoms with Gasteiger partial charge < -0.3 is 9.84 Å². The summed E-state index contributed by atoms with van der Waals surface area (Å²) in [4.78, 5) is 11.7. The fourth-order valence-corrected chi connectivity index (χ4v) is 4.64. The van der Waals surface area contributed by atoms with Crippen molar-refractivity contribution in [3.05, 3.63) is 24.3 Å². The number of hydrogen-bond acceptors (Lipinski definition) is 3. The first-order valence-electron chi connectivity index (χ1n) is 7.83. The molecule has 1 N–H and O–H groups in total. The van der Waals surface area contributed by atoms with Crippen molar-refractivity contribution in [2.75, 3.05) is 6.61 Å². The molecule has 5 atom stereocenters. The Morgan fingerprint density at radius 3 is 2.38 bits per heavy atom. The van der Waals surface area contributed by atoms with E-state index in [-0.39, 0.29) is 23.5 Å². The summed E-state index contributed by atoms with van der Waals surface area (Å²) in [6.45, 7) is 19.0. The Morgan fingerprint density at radius 1 is 1.38 bits per heavy atom. The molecule has 21 heavy (non-hydrogen) atoms. The average molecular weight is 292 g/mol. The molecule has 2 aliphatic carbocycles. The van der Waals surface area contributed by atoms with Crippen molar-refractivity contribution in [2.24, 2.45) is 28.6 Å². The molecule has 0 aromatic carbocycles. The summed E-state index contributed by atoms with van der Waals surface area (Å²) in [5.74, 6) is 1.09. The number of aliphatic hydroxyl groups is 1. The molecule has 4 unspecified atom stereocenters. The standard InChI is InChI=1S/C18H28O3/c1-8-21-16(20)11(3)15(19)10(2)13-9-14-12(4)18(14,7)17(13,5)6/h12-15,19H,2-3,8-9H2,1,4-7H3/t12-,13?,14?,15?,18?/m0/s1. The van der Waals surface area contributed by atoms with E-state index in [9.17, 15) is 9.90 Å². The first-order valence-corrected chi connectivity index (χ1v) is 7.83. The third-order valence-corrected chi connectivity index (χ3v) is 6.63. The van der Waals surface area contributed by atoms with E-state index in [0.29, 0.717) is 16.9 Å². The van der Waals surface area contributed by atoms with Crippen molar-refractivity contribution in [1.82, 2.24) is 0 Å². The fourth-order valence-electron chi connectivity index (χ4n) is 4.64. The quantitative estimate of drug-likeness (QED) is 0.480. The van der Waals surface area contributed by atoms with Crippen LogP contribution in [-0.4, -0.2) is 23.8 Å². The number of fused-ring (bicyclic) bond motifs is 1. The zero-order chi connectivity index (χ0) is 16.2. The van der Waals surface area contributed by atoms with Gasteiger partial charge in [-0.3, -0.25) is 0 Å². The van der Waals surface area contributed by atoms with E-state index in [2.05, 4.69) is 40.9 Å². The van der Waals surface area contributed by atoms with E-state index in [1.165, 1.54) is 0 Å². The first kappa shape index (κ1) is 16.3. The van der Waals surface area contributed by atoms with Crippen LogP contribution >= 0.6 is 0 Å². The molecule has 0 spiro atoms. The molecule has 3 nitrogen and oxygen atoms in total. The summed E-state index contributed by atoms with van der Waals surface area (Å²) in [6, 6.07) is 0. The Morgan fingerprint density at radius 2 is 1.95 bits per heavy atom. The minimum absolute atomic E-state index is 0.0735. The van der Waals surface area contributed by atoms with Crippen LogP contribution in [0.2, 0.25) is 0 Å². The van der Waals surface area contributed by atoms with Crippen LogP contribution in [-0.2, 0) is 9.53 Å². The smallest absolute Gasteiger partial charge is 0.336 e. The average Bonchev–Trinajstić information content (AvgIpc) is 2.87. The molecule has 0 aromatic heterocycles. The molecule has 0 heterocycles. The summed E-state index contributed by atoms with van der Waals surface area (Å²) >= 11 is 0. The van der Waals surface area contributed by atoms with Gasteiger partial charge in [0.2, 0.25) is 0 Å². The predicted molar refractivity (Wildman–Crippen MR) is 83.6 cm³/mol. The van der Waals surface area contributed by atoms with E-state index < -0.39 is 12.1 Å². The molecule has 0 aromatic rings. The zero-order valence-electron chi connectivity index (χ0n) is 13.9. The van der Waals surface area contributed by atoms with Gasteiger partial charge in [-0.15, -0.1) is 0 Å². The zero-order valence-corrected chi connectivity index (χ0v) is 13.9. The monoisotopic (exact) mass is 292 g/mol. The van der Waals surface area contributed by atoms with Gasteiger partial charge in [0.15, 0.2) is 0 Å². The summed E-state index contributed by atoms with van der Waals surface area (Å²) in [5, 5.41) is 10.4. The number of ether oxygens (including phenoxy) is 1. The molecule has 2 aliphatic rings. The highest BCUT2D eigenvalue weighted by Gasteiger charge is 2.72. The molecule has 0 radical (unpaired) electrons. The lowest BCUT2D eigenvalue weighted by molar-refractivity contribution is -0.139. The molecule has 0 saturated heterocycles. The molecule has 3 heteroatoms. The molecular formula is C18H28O3. The summed E-state index contributed by atoms with van der Waals surface area (Å²) in [7, 11) is 0. The maximum absolute atomic E-state index is 11.7. The molecule has 2 saturated carbocycles. The lowest BCUT2D eigenvalue weighted by Crippen LogP contribution is -2.35. The van der Waals surface area contributed by atoms with Crippen molar-refractivity contribution >= 4 is 5.97 Å². The summed E-state index contributed by atoms with van der Waals surface area (Å²) in [5.41, 5.74) is 1.19. The largest absolute Gasteiger partial charge is 0.463 e. The molecule has 0 bridgehead atoms. The van der Waals surface area contributed by atoms with E-state index >= 15 is 0 Å². The normalized spacial score (nSPS) is 37.5. The summed E-state index contributed by atoms with van der Waals surface area (Å²) in [6.07, 6.45) is 0.0289. The van der Waals surface area contributed by atoms with Crippen LogP contribution in [0.5, 0.6) is 0 Å². The third kappa shape index (κ3) is 2.09. The van der Waals surface area contributed by atoms with Crippen molar-refractivity contribution in [3.8, 4) is 0 Å². The van der Waals surface area contributed by atoms with Gasteiger partial charge >= 0.3 is 5.97 Å². The van der Waals surface area contributed by atoms with E-state index in [4.69, 9.17) is 4.74 Å². The van der Waals surface area contributed by atoms with E-state index in [1.54, 1.807) is 6.92 Å². The van der Waals surface area contributed by atoms with E-state index in [0.717, 1.165) is 12.3 Å². The van der Waals surface area contributed by atoms with E-state index in [1.807, 2.05) is 0 Å². The van der Waals surface area contributed by atoms with Crippen molar-refractivity contribution in [3.63, 3.8) is 0 Å².